The van der Waals surface area contributed by atoms with Gasteiger partial charge in [-0.2, -0.15) is 8.78 Å². The molecule has 3 aliphatic carbocycles. The van der Waals surface area contributed by atoms with Crippen LogP contribution in [0.5, 0.6) is 5.75 Å². The topological polar surface area (TPSA) is 163 Å². The Bertz CT molecular complexity index is 2470. The van der Waals surface area contributed by atoms with Crippen LogP contribution in [0.1, 0.15) is 132 Å². The van der Waals surface area contributed by atoms with Crippen LogP contribution < -0.4 is 20.7 Å². The van der Waals surface area contributed by atoms with E-state index < -0.39 is 47.2 Å². The molecule has 9 rings (SSSR count). The summed E-state index contributed by atoms with van der Waals surface area (Å²) in [5.41, 5.74) is 2.25. The lowest BCUT2D eigenvalue weighted by molar-refractivity contribution is -0.136. The van der Waals surface area contributed by atoms with Gasteiger partial charge in [0.1, 0.15) is 23.2 Å². The molecular formula is C47H53F2N7O6S. The Morgan fingerprint density at radius 1 is 0.952 bits per heavy atom. The van der Waals surface area contributed by atoms with Gasteiger partial charge in [-0.1, -0.05) is 12.1 Å². The standard InChI is InChI=1S/C47H53F2N7O6S/c1-46(48,49)38-9-5-8-32(51-38)41(58)52-33-21-37-34(20-36(33)62-3)53-43(63-37)28-12-10-26(11-13-28)25-55(2)29-16-18-47(19-17-29)22-27(23-47)24-50-31-7-4-6-30-40(31)45(61)56(44(30)60)35-14-15-39(57)54-42(35)59/h4-9,20-21,26-29,35,50H,10-19,22-25H2,1-3H3,(H,52,58)(H,54,57,59)/t26-,27-,28-,29-,35?,47?. The second kappa shape index (κ2) is 17.0. The number of piperidine rings is 1. The number of anilines is 2. The van der Waals surface area contributed by atoms with Crippen LogP contribution in [0.4, 0.5) is 20.2 Å². The first-order chi connectivity index (χ1) is 30.2. The van der Waals surface area contributed by atoms with E-state index >= 15 is 0 Å². The Morgan fingerprint density at radius 3 is 2.41 bits per heavy atom. The molecule has 5 amide bonds. The van der Waals surface area contributed by atoms with Crippen LogP contribution >= 0.6 is 11.3 Å². The van der Waals surface area contributed by atoms with Crippen LogP contribution in [0.2, 0.25) is 0 Å². The molecule has 4 aromatic rings. The lowest BCUT2D eigenvalue weighted by Gasteiger charge is -2.53. The lowest BCUT2D eigenvalue weighted by Crippen LogP contribution is -2.54. The molecule has 0 bridgehead atoms. The summed E-state index contributed by atoms with van der Waals surface area (Å²) < 4.78 is 34.2. The van der Waals surface area contributed by atoms with Crippen molar-refractivity contribution in [1.82, 2.24) is 25.1 Å². The van der Waals surface area contributed by atoms with E-state index in [0.717, 1.165) is 72.1 Å². The van der Waals surface area contributed by atoms with E-state index in [4.69, 9.17) is 9.72 Å². The molecule has 1 atom stereocenters. The van der Waals surface area contributed by atoms with Crippen LogP contribution in [0, 0.1) is 17.3 Å². The summed E-state index contributed by atoms with van der Waals surface area (Å²) in [4.78, 5) is 76.5. The van der Waals surface area contributed by atoms with Gasteiger partial charge in [0, 0.05) is 50.1 Å². The van der Waals surface area contributed by atoms with Crippen molar-refractivity contribution >= 4 is 62.5 Å². The Kier molecular flexibility index (Phi) is 11.6. The maximum Gasteiger partial charge on any atom is 0.287 e. The molecule has 1 unspecified atom stereocenters. The lowest BCUT2D eigenvalue weighted by atomic mass is 9.55. The molecule has 63 heavy (non-hydrogen) atoms. The average molecular weight is 882 g/mol. The number of hydrogen-bond donors (Lipinski definition) is 3. The van der Waals surface area contributed by atoms with Gasteiger partial charge < -0.3 is 20.3 Å². The number of hydrogen-bond acceptors (Lipinski definition) is 11. The number of carbonyl (C=O) groups excluding carboxylic acids is 5. The fourth-order valence-corrected chi connectivity index (χ4v) is 12.0. The number of imide groups is 2. The number of amides is 5. The minimum Gasteiger partial charge on any atom is -0.494 e. The molecule has 2 aromatic heterocycles. The Hall–Kier alpha value is -5.35. The van der Waals surface area contributed by atoms with Gasteiger partial charge >= 0.3 is 0 Å². The van der Waals surface area contributed by atoms with Gasteiger partial charge in [-0.15, -0.1) is 11.3 Å². The average Bonchev–Trinajstić information content (AvgIpc) is 3.79. The third kappa shape index (κ3) is 8.55. The molecule has 13 nitrogen and oxygen atoms in total. The van der Waals surface area contributed by atoms with Crippen LogP contribution in [-0.4, -0.2) is 88.6 Å². The number of ether oxygens (including phenoxy) is 1. The van der Waals surface area contributed by atoms with Gasteiger partial charge in [0.05, 0.1) is 39.1 Å². The molecule has 1 saturated heterocycles. The van der Waals surface area contributed by atoms with E-state index in [9.17, 15) is 32.8 Å². The van der Waals surface area contributed by atoms with Crippen LogP contribution in [0.15, 0.2) is 48.5 Å². The second-order valence-electron chi connectivity index (χ2n) is 18.5. The Morgan fingerprint density at radius 2 is 1.70 bits per heavy atom. The molecule has 4 heterocycles. The van der Waals surface area contributed by atoms with E-state index in [1.54, 1.807) is 23.5 Å². The van der Waals surface area contributed by atoms with E-state index in [1.165, 1.54) is 51.0 Å². The summed E-state index contributed by atoms with van der Waals surface area (Å²) in [7, 11) is 3.81. The number of carbonyl (C=O) groups is 5. The highest BCUT2D eigenvalue weighted by Crippen LogP contribution is 2.55. The largest absolute Gasteiger partial charge is 0.494 e. The van der Waals surface area contributed by atoms with Crippen LogP contribution in [0.25, 0.3) is 10.2 Å². The monoisotopic (exact) mass is 881 g/mol. The van der Waals surface area contributed by atoms with Crippen molar-refractivity contribution in [3.8, 4) is 5.75 Å². The summed E-state index contributed by atoms with van der Waals surface area (Å²) in [5.74, 6) is -3.83. The van der Waals surface area contributed by atoms with Crippen molar-refractivity contribution in [3.05, 3.63) is 76.1 Å². The van der Waals surface area contributed by atoms with Crippen molar-refractivity contribution in [3.63, 3.8) is 0 Å². The molecule has 1 spiro atoms. The summed E-state index contributed by atoms with van der Waals surface area (Å²) in [5, 5.41) is 9.61. The van der Waals surface area contributed by atoms with Gasteiger partial charge in [-0.3, -0.25) is 34.2 Å². The third-order valence-corrected chi connectivity index (χ3v) is 15.5. The molecule has 3 N–H and O–H groups in total. The van der Waals surface area contributed by atoms with Crippen molar-refractivity contribution in [2.75, 3.05) is 37.9 Å². The number of nitrogens with one attached hydrogen (secondary N) is 3. The quantitative estimate of drug-likeness (QED) is 0.119. The fourth-order valence-electron chi connectivity index (χ4n) is 10.8. The predicted octanol–water partition coefficient (Wildman–Crippen LogP) is 8.12. The van der Waals surface area contributed by atoms with Gasteiger partial charge in [0.2, 0.25) is 11.8 Å². The van der Waals surface area contributed by atoms with Crippen molar-refractivity contribution in [2.45, 2.75) is 108 Å². The minimum atomic E-state index is -3.16. The predicted molar refractivity (Wildman–Crippen MR) is 234 cm³/mol. The normalized spacial score (nSPS) is 26.2. The van der Waals surface area contributed by atoms with E-state index in [1.807, 2.05) is 18.2 Å². The number of nitrogens with zero attached hydrogens (tertiary/aromatic N) is 4. The zero-order valence-electron chi connectivity index (χ0n) is 35.8. The number of benzene rings is 2. The number of thiazole rings is 1. The summed E-state index contributed by atoms with van der Waals surface area (Å²) in [6.45, 7) is 2.56. The maximum atomic E-state index is 13.9. The van der Waals surface area contributed by atoms with E-state index in [2.05, 4.69) is 32.9 Å². The zero-order valence-corrected chi connectivity index (χ0v) is 36.6. The highest BCUT2D eigenvalue weighted by atomic mass is 32.1. The van der Waals surface area contributed by atoms with E-state index in [-0.39, 0.29) is 18.5 Å². The van der Waals surface area contributed by atoms with E-state index in [0.29, 0.717) is 64.0 Å². The molecule has 4 fully saturated rings. The van der Waals surface area contributed by atoms with Gasteiger partial charge in [-0.05, 0) is 125 Å². The first kappa shape index (κ1) is 42.9. The van der Waals surface area contributed by atoms with Crippen molar-refractivity contribution < 1.29 is 37.5 Å². The zero-order chi connectivity index (χ0) is 44.2. The van der Waals surface area contributed by atoms with Crippen LogP contribution in [0.3, 0.4) is 0 Å². The third-order valence-electron chi connectivity index (χ3n) is 14.3. The first-order valence-electron chi connectivity index (χ1n) is 22.1. The summed E-state index contributed by atoms with van der Waals surface area (Å²) >= 11 is 1.63. The SMILES string of the molecule is COc1cc2nc([C@H]3CC[C@H](CN(C)[C@H]4CCC5(CC4)C[C@@H](CNc4cccc6c4C(=O)N(C4CCC(=O)NC4=O)C6=O)C5)CC3)sc2cc1NC(=O)c1cccc(C(C)(F)F)n1. The number of rotatable bonds is 12. The number of alkyl halides is 2. The minimum absolute atomic E-state index is 0.0876. The number of aromatic nitrogens is 2. The Balaban J connectivity index is 0.727. The molecule has 2 aliphatic heterocycles. The summed E-state index contributed by atoms with van der Waals surface area (Å²) in [6, 6.07) is 12.5. The number of pyridine rings is 1. The molecule has 16 heteroatoms. The van der Waals surface area contributed by atoms with Gasteiger partial charge in [-0.25, -0.2) is 9.97 Å². The maximum absolute atomic E-state index is 13.9. The highest BCUT2D eigenvalue weighted by molar-refractivity contribution is 7.18. The Labute approximate surface area is 368 Å². The summed E-state index contributed by atoms with van der Waals surface area (Å²) in [6.07, 6.45) is 11.8. The van der Waals surface area contributed by atoms with Gasteiger partial charge in [0.25, 0.3) is 23.6 Å². The molecular weight excluding hydrogens is 829 g/mol. The molecule has 3 saturated carbocycles. The van der Waals surface area contributed by atoms with Crippen LogP contribution in [-0.2, 0) is 15.5 Å². The molecule has 2 aromatic carbocycles. The van der Waals surface area contributed by atoms with Crippen molar-refractivity contribution in [1.29, 1.82) is 0 Å². The number of halogens is 2. The second-order valence-corrected chi connectivity index (χ2v) is 19.6. The fraction of sp³-hybridized carbons (Fsp3) is 0.511. The molecule has 5 aliphatic rings. The van der Waals surface area contributed by atoms with Crippen molar-refractivity contribution in [2.24, 2.45) is 17.3 Å². The number of methoxy groups -OCH3 is 1. The number of fused-ring (bicyclic) bond motifs is 2. The van der Waals surface area contributed by atoms with Gasteiger partial charge in [0.15, 0.2) is 0 Å². The highest BCUT2D eigenvalue weighted by Gasteiger charge is 2.48. The molecule has 0 radical (unpaired) electrons. The first-order valence-corrected chi connectivity index (χ1v) is 22.9. The smallest absolute Gasteiger partial charge is 0.287 e. The molecule has 332 valence electrons.